The molecule has 0 bridgehead atoms. The lowest BCUT2D eigenvalue weighted by Crippen LogP contribution is -2.17. The highest BCUT2D eigenvalue weighted by Crippen LogP contribution is 1.72. The lowest BCUT2D eigenvalue weighted by Gasteiger charge is -2.07. The molecular weight excluding hydrogens is 156 g/mol. The molecule has 0 aromatic heterocycles. The van der Waals surface area contributed by atoms with Crippen LogP contribution in [0.3, 0.4) is 0 Å². The minimum atomic E-state index is -0.481. The van der Waals surface area contributed by atoms with E-state index in [1.807, 2.05) is 0 Å². The number of carbonyl (C=O) groups excluding carboxylic acids is 1. The van der Waals surface area contributed by atoms with Crippen molar-refractivity contribution < 1.29 is 4.79 Å². The van der Waals surface area contributed by atoms with E-state index in [4.69, 9.17) is 0 Å². The summed E-state index contributed by atoms with van der Waals surface area (Å²) in [6.45, 7) is 9.92. The number of amides is 1. The average molecular weight is 174 g/mol. The van der Waals surface area contributed by atoms with Crippen LogP contribution in [0.1, 0.15) is 13.8 Å². The summed E-state index contributed by atoms with van der Waals surface area (Å²) >= 11 is 0. The Hall–Kier alpha value is -0.613. The van der Waals surface area contributed by atoms with Gasteiger partial charge in [0.05, 0.1) is 10.4 Å². The number of carbonyl (C=O) groups is 1. The molecule has 0 atom stereocenters. The van der Waals surface area contributed by atoms with Crippen molar-refractivity contribution >= 4 is 16.3 Å². The third kappa shape index (κ3) is 17.7. The Labute approximate surface area is 71.8 Å². The molecule has 0 radical (unpaired) electrons. The Kier molecular flexibility index (Phi) is 11.1. The number of rotatable bonds is 3. The second-order valence-electron chi connectivity index (χ2n) is 2.10. The Balaban J connectivity index is 0. The number of hydrogen-bond acceptors (Lipinski definition) is 2. The molecule has 0 heterocycles. The number of nitrogens with two attached hydrogens (primary N) is 1. The molecule has 0 aliphatic rings. The quantitative estimate of drug-likeness (QED) is 0.453. The van der Waals surface area contributed by atoms with E-state index in [9.17, 15) is 4.79 Å². The number of nitrogens with zero attached hydrogens (tertiary/aromatic N) is 1. The largest absolute Gasteiger partial charge is 0.366 e. The molecule has 11 heavy (non-hydrogen) atoms. The lowest BCUT2D eigenvalue weighted by molar-refractivity contribution is -0.113. The van der Waals surface area contributed by atoms with Gasteiger partial charge < -0.3 is 10.3 Å². The summed E-state index contributed by atoms with van der Waals surface area (Å²) in [5, 5.41) is 0. The summed E-state index contributed by atoms with van der Waals surface area (Å²) in [5.74, 6) is -0.481. The molecular formula is C7H18N2OSi. The van der Waals surface area contributed by atoms with Gasteiger partial charge in [0.2, 0.25) is 5.91 Å². The summed E-state index contributed by atoms with van der Waals surface area (Å²) in [5.41, 5.74) is 4.53. The maximum Gasteiger partial charge on any atom is 0.240 e. The van der Waals surface area contributed by atoms with Crippen LogP contribution in [0.25, 0.3) is 0 Å². The molecule has 0 aliphatic carbocycles. The summed E-state index contributed by atoms with van der Waals surface area (Å²) < 4.78 is 2.39. The third-order valence-corrected chi connectivity index (χ3v) is 2.55. The first-order valence-corrected chi connectivity index (χ1v) is 4.58. The molecule has 0 aromatic carbocycles. The van der Waals surface area contributed by atoms with Gasteiger partial charge in [-0.05, 0) is 19.2 Å². The SMILES string of the molecule is C=CC(N)=O.CCN([SiH3])CC. The predicted octanol–water partition coefficient (Wildman–Crippen LogP) is -0.734. The molecule has 0 rings (SSSR count). The van der Waals surface area contributed by atoms with Crippen LogP contribution in [0.5, 0.6) is 0 Å². The van der Waals surface area contributed by atoms with Crippen molar-refractivity contribution in [1.29, 1.82) is 0 Å². The minimum absolute atomic E-state index is 0.481. The van der Waals surface area contributed by atoms with E-state index in [2.05, 4.69) is 30.7 Å². The van der Waals surface area contributed by atoms with Crippen molar-refractivity contribution in [3.05, 3.63) is 12.7 Å². The first kappa shape index (κ1) is 13.0. The first-order valence-electron chi connectivity index (χ1n) is 3.68. The van der Waals surface area contributed by atoms with E-state index < -0.39 is 5.91 Å². The van der Waals surface area contributed by atoms with Gasteiger partial charge >= 0.3 is 0 Å². The van der Waals surface area contributed by atoms with E-state index in [1.54, 1.807) is 0 Å². The second kappa shape index (κ2) is 9.39. The Morgan fingerprint density at radius 2 is 1.91 bits per heavy atom. The molecule has 0 saturated carbocycles. The van der Waals surface area contributed by atoms with E-state index >= 15 is 0 Å². The van der Waals surface area contributed by atoms with E-state index in [0.717, 1.165) is 6.08 Å². The van der Waals surface area contributed by atoms with Gasteiger partial charge in [-0.15, -0.1) is 0 Å². The third-order valence-electron chi connectivity index (χ3n) is 1.28. The first-order chi connectivity index (χ1) is 5.08. The van der Waals surface area contributed by atoms with Gasteiger partial charge in [-0.2, -0.15) is 0 Å². The molecule has 1 amide bonds. The predicted molar refractivity (Wildman–Crippen MR) is 52.3 cm³/mol. The van der Waals surface area contributed by atoms with Gasteiger partial charge in [-0.25, -0.2) is 0 Å². The van der Waals surface area contributed by atoms with Gasteiger partial charge in [0.25, 0.3) is 0 Å². The highest BCUT2D eigenvalue weighted by atomic mass is 28.2. The monoisotopic (exact) mass is 174 g/mol. The van der Waals surface area contributed by atoms with E-state index in [1.165, 1.54) is 23.5 Å². The zero-order valence-electron chi connectivity index (χ0n) is 7.63. The average Bonchev–Trinajstić information content (AvgIpc) is 2.04. The summed E-state index contributed by atoms with van der Waals surface area (Å²) in [6, 6.07) is 0. The normalized spacial score (nSPS) is 8.64. The second-order valence-corrected chi connectivity index (χ2v) is 3.36. The van der Waals surface area contributed by atoms with Gasteiger partial charge in [0, 0.05) is 0 Å². The lowest BCUT2D eigenvalue weighted by atomic mass is 10.6. The molecule has 0 unspecified atom stereocenters. The molecule has 0 aliphatic heterocycles. The van der Waals surface area contributed by atoms with Crippen molar-refractivity contribution in [3.63, 3.8) is 0 Å². The van der Waals surface area contributed by atoms with Crippen LogP contribution < -0.4 is 5.73 Å². The van der Waals surface area contributed by atoms with Gasteiger partial charge in [0.1, 0.15) is 0 Å². The number of hydrogen-bond donors (Lipinski definition) is 1. The fraction of sp³-hybridized carbons (Fsp3) is 0.571. The molecule has 4 heteroatoms. The maximum atomic E-state index is 9.47. The molecule has 66 valence electrons. The van der Waals surface area contributed by atoms with Crippen LogP contribution in [-0.4, -0.2) is 34.0 Å². The topological polar surface area (TPSA) is 46.3 Å². The van der Waals surface area contributed by atoms with Crippen LogP contribution in [0, 0.1) is 0 Å². The summed E-state index contributed by atoms with van der Waals surface area (Å²) in [6.07, 6.45) is 1.06. The zero-order valence-corrected chi connectivity index (χ0v) is 9.63. The molecule has 0 spiro atoms. The summed E-state index contributed by atoms with van der Waals surface area (Å²) in [4.78, 5) is 9.47. The zero-order chi connectivity index (χ0) is 9.28. The van der Waals surface area contributed by atoms with Gasteiger partial charge in [0.15, 0.2) is 0 Å². The smallest absolute Gasteiger partial charge is 0.240 e. The standard InChI is InChI=1S/C4H13NSi.C3H5NO/c1-3-5(6)4-2;1-2-3(4)5/h3-4H2,1-2,6H3;2H,1H2,(H2,4,5). The van der Waals surface area contributed by atoms with E-state index in [0.29, 0.717) is 0 Å². The Morgan fingerprint density at radius 1 is 1.64 bits per heavy atom. The maximum absolute atomic E-state index is 9.47. The van der Waals surface area contributed by atoms with Crippen molar-refractivity contribution in [3.8, 4) is 0 Å². The molecule has 0 aromatic rings. The minimum Gasteiger partial charge on any atom is -0.366 e. The Morgan fingerprint density at radius 3 is 1.91 bits per heavy atom. The van der Waals surface area contributed by atoms with Gasteiger partial charge in [-0.1, -0.05) is 20.4 Å². The molecule has 0 fully saturated rings. The fourth-order valence-corrected chi connectivity index (χ4v) is 0.224. The van der Waals surface area contributed by atoms with Crippen LogP contribution in [0.2, 0.25) is 0 Å². The van der Waals surface area contributed by atoms with Crippen LogP contribution in [0.15, 0.2) is 12.7 Å². The fourth-order valence-electron chi connectivity index (χ4n) is 0.224. The molecule has 0 saturated heterocycles. The van der Waals surface area contributed by atoms with E-state index in [-0.39, 0.29) is 0 Å². The van der Waals surface area contributed by atoms with Gasteiger partial charge in [-0.3, -0.25) is 4.79 Å². The van der Waals surface area contributed by atoms with Crippen molar-refractivity contribution in [2.45, 2.75) is 13.8 Å². The van der Waals surface area contributed by atoms with Crippen molar-refractivity contribution in [1.82, 2.24) is 4.57 Å². The molecule has 3 nitrogen and oxygen atoms in total. The highest BCUT2D eigenvalue weighted by molar-refractivity contribution is 6.04. The number of primary amides is 1. The molecule has 2 N–H and O–H groups in total. The van der Waals surface area contributed by atoms with Crippen LogP contribution in [0.4, 0.5) is 0 Å². The van der Waals surface area contributed by atoms with Crippen molar-refractivity contribution in [2.24, 2.45) is 5.73 Å². The van der Waals surface area contributed by atoms with Crippen molar-refractivity contribution in [2.75, 3.05) is 13.1 Å². The highest BCUT2D eigenvalue weighted by Gasteiger charge is 1.81. The van der Waals surface area contributed by atoms with Crippen LogP contribution in [-0.2, 0) is 4.79 Å². The van der Waals surface area contributed by atoms with Crippen LogP contribution >= 0.6 is 0 Å². The Bertz CT molecular complexity index is 113. The summed E-state index contributed by atoms with van der Waals surface area (Å²) in [7, 11) is 1.22.